The molecule has 2 fully saturated rings. The second-order valence-electron chi connectivity index (χ2n) is 6.59. The van der Waals surface area contributed by atoms with Crippen molar-refractivity contribution in [3.05, 3.63) is 34.4 Å². The van der Waals surface area contributed by atoms with Crippen LogP contribution in [0, 0.1) is 26.7 Å². The van der Waals surface area contributed by atoms with E-state index in [4.69, 9.17) is 5.73 Å². The zero-order valence-electron chi connectivity index (χ0n) is 12.4. The highest BCUT2D eigenvalue weighted by molar-refractivity contribution is 5.40. The molecule has 0 radical (unpaired) electrons. The lowest BCUT2D eigenvalue weighted by Gasteiger charge is -2.36. The second-order valence-corrected chi connectivity index (χ2v) is 6.59. The molecule has 2 bridgehead atoms. The van der Waals surface area contributed by atoms with E-state index in [1.165, 1.54) is 48.1 Å². The fraction of sp³-hybridized carbons (Fsp3) is 0.647. The molecule has 1 aromatic carbocycles. The van der Waals surface area contributed by atoms with Crippen LogP contribution in [0.1, 0.15) is 47.6 Å². The Labute approximate surface area is 117 Å². The topological polar surface area (TPSA) is 29.3 Å². The monoisotopic (exact) mass is 258 g/mol. The third kappa shape index (κ3) is 2.21. The highest BCUT2D eigenvalue weighted by Gasteiger charge is 2.41. The molecule has 0 spiro atoms. The lowest BCUT2D eigenvalue weighted by Crippen LogP contribution is -2.39. The van der Waals surface area contributed by atoms with Gasteiger partial charge in [-0.05, 0) is 62.6 Å². The first kappa shape index (κ1) is 13.1. The fourth-order valence-corrected chi connectivity index (χ4v) is 4.48. The van der Waals surface area contributed by atoms with Crippen LogP contribution in [0.25, 0.3) is 0 Å². The quantitative estimate of drug-likeness (QED) is 0.902. The zero-order chi connectivity index (χ0) is 13.6. The average molecular weight is 258 g/mol. The molecule has 1 aliphatic heterocycles. The van der Waals surface area contributed by atoms with Crippen LogP contribution in [0.5, 0.6) is 0 Å². The fourth-order valence-electron chi connectivity index (χ4n) is 4.48. The Morgan fingerprint density at radius 1 is 1.21 bits per heavy atom. The van der Waals surface area contributed by atoms with Gasteiger partial charge in [0.2, 0.25) is 0 Å². The van der Waals surface area contributed by atoms with Crippen molar-refractivity contribution in [2.75, 3.05) is 13.1 Å². The SMILES string of the molecule is Cc1cc(C)c(C(CN)N2CC3CCC2C3)c(C)c1. The molecule has 1 heterocycles. The lowest BCUT2D eigenvalue weighted by atomic mass is 9.92. The van der Waals surface area contributed by atoms with Gasteiger partial charge in [-0.2, -0.15) is 0 Å². The Kier molecular flexibility index (Phi) is 3.40. The highest BCUT2D eigenvalue weighted by atomic mass is 15.2. The van der Waals surface area contributed by atoms with Gasteiger partial charge in [-0.3, -0.25) is 4.90 Å². The van der Waals surface area contributed by atoms with Crippen LogP contribution >= 0.6 is 0 Å². The third-order valence-electron chi connectivity index (χ3n) is 5.15. The Balaban J connectivity index is 1.95. The summed E-state index contributed by atoms with van der Waals surface area (Å²) >= 11 is 0. The minimum atomic E-state index is 0.427. The number of rotatable bonds is 3. The van der Waals surface area contributed by atoms with Crippen LogP contribution in [0.3, 0.4) is 0 Å². The summed E-state index contributed by atoms with van der Waals surface area (Å²) in [5.41, 5.74) is 11.8. The summed E-state index contributed by atoms with van der Waals surface area (Å²) in [5.74, 6) is 0.935. The molecule has 3 rings (SSSR count). The number of nitrogens with zero attached hydrogens (tertiary/aromatic N) is 1. The van der Waals surface area contributed by atoms with Crippen molar-refractivity contribution in [3.63, 3.8) is 0 Å². The van der Waals surface area contributed by atoms with Gasteiger partial charge in [0.25, 0.3) is 0 Å². The van der Waals surface area contributed by atoms with Crippen molar-refractivity contribution in [3.8, 4) is 0 Å². The van der Waals surface area contributed by atoms with Gasteiger partial charge in [0.05, 0.1) is 0 Å². The maximum atomic E-state index is 6.15. The summed E-state index contributed by atoms with van der Waals surface area (Å²) in [4.78, 5) is 2.69. The van der Waals surface area contributed by atoms with Crippen LogP contribution in [-0.4, -0.2) is 24.0 Å². The first-order valence-corrected chi connectivity index (χ1v) is 7.63. The normalized spacial score (nSPS) is 28.0. The standard InChI is InChI=1S/C17H26N2/c1-11-6-12(2)17(13(3)7-11)16(9-18)19-10-14-4-5-15(19)8-14/h6-7,14-16H,4-5,8-10,18H2,1-3H3. The van der Waals surface area contributed by atoms with Crippen LogP contribution in [0.4, 0.5) is 0 Å². The number of aryl methyl sites for hydroxylation is 3. The van der Waals surface area contributed by atoms with E-state index in [1.807, 2.05) is 0 Å². The van der Waals surface area contributed by atoms with Crippen LogP contribution in [0.15, 0.2) is 12.1 Å². The predicted octanol–water partition coefficient (Wildman–Crippen LogP) is 3.10. The molecular formula is C17H26N2. The van der Waals surface area contributed by atoms with Crippen LogP contribution in [-0.2, 0) is 0 Å². The van der Waals surface area contributed by atoms with E-state index in [9.17, 15) is 0 Å². The van der Waals surface area contributed by atoms with E-state index in [1.54, 1.807) is 0 Å². The number of hydrogen-bond donors (Lipinski definition) is 1. The summed E-state index contributed by atoms with van der Waals surface area (Å²) in [6.45, 7) is 8.67. The van der Waals surface area contributed by atoms with Crippen molar-refractivity contribution in [1.29, 1.82) is 0 Å². The predicted molar refractivity (Wildman–Crippen MR) is 80.3 cm³/mol. The van der Waals surface area contributed by atoms with E-state index < -0.39 is 0 Å². The molecule has 3 unspecified atom stereocenters. The molecule has 1 aromatic rings. The molecule has 0 amide bonds. The second kappa shape index (κ2) is 4.92. The summed E-state index contributed by atoms with van der Waals surface area (Å²) in [5, 5.41) is 0. The Morgan fingerprint density at radius 2 is 1.89 bits per heavy atom. The molecular weight excluding hydrogens is 232 g/mol. The van der Waals surface area contributed by atoms with E-state index >= 15 is 0 Å². The molecule has 19 heavy (non-hydrogen) atoms. The molecule has 2 nitrogen and oxygen atoms in total. The molecule has 2 N–H and O–H groups in total. The number of hydrogen-bond acceptors (Lipinski definition) is 2. The van der Waals surface area contributed by atoms with Crippen molar-refractivity contribution in [2.24, 2.45) is 11.7 Å². The maximum absolute atomic E-state index is 6.15. The van der Waals surface area contributed by atoms with Gasteiger partial charge in [-0.15, -0.1) is 0 Å². The van der Waals surface area contributed by atoms with Gasteiger partial charge < -0.3 is 5.73 Å². The number of likely N-dealkylation sites (tertiary alicyclic amines) is 1. The summed E-state index contributed by atoms with van der Waals surface area (Å²) < 4.78 is 0. The van der Waals surface area contributed by atoms with Gasteiger partial charge in [0.1, 0.15) is 0 Å². The third-order valence-corrected chi connectivity index (χ3v) is 5.15. The average Bonchev–Trinajstić information content (AvgIpc) is 2.95. The molecule has 2 aliphatic rings. The Morgan fingerprint density at radius 3 is 2.37 bits per heavy atom. The molecule has 0 aromatic heterocycles. The number of fused-ring (bicyclic) bond motifs is 2. The molecule has 1 saturated heterocycles. The summed E-state index contributed by atoms with van der Waals surface area (Å²) in [6, 6.07) is 5.83. The Bertz CT molecular complexity index is 457. The van der Waals surface area contributed by atoms with Gasteiger partial charge in [0.15, 0.2) is 0 Å². The maximum Gasteiger partial charge on any atom is 0.0478 e. The highest BCUT2D eigenvalue weighted by Crippen LogP contribution is 2.42. The van der Waals surface area contributed by atoms with E-state index in [0.29, 0.717) is 6.04 Å². The van der Waals surface area contributed by atoms with E-state index in [2.05, 4.69) is 37.8 Å². The van der Waals surface area contributed by atoms with Crippen molar-refractivity contribution < 1.29 is 0 Å². The van der Waals surface area contributed by atoms with Crippen molar-refractivity contribution >= 4 is 0 Å². The number of piperidine rings is 1. The molecule has 1 saturated carbocycles. The molecule has 104 valence electrons. The zero-order valence-corrected chi connectivity index (χ0v) is 12.4. The van der Waals surface area contributed by atoms with Crippen LogP contribution < -0.4 is 5.73 Å². The first-order valence-electron chi connectivity index (χ1n) is 7.63. The minimum Gasteiger partial charge on any atom is -0.329 e. The molecule has 3 atom stereocenters. The molecule has 1 aliphatic carbocycles. The van der Waals surface area contributed by atoms with Crippen LogP contribution in [0.2, 0.25) is 0 Å². The van der Waals surface area contributed by atoms with Crippen molar-refractivity contribution in [1.82, 2.24) is 4.90 Å². The Hall–Kier alpha value is -0.860. The lowest BCUT2D eigenvalue weighted by molar-refractivity contribution is 0.152. The van der Waals surface area contributed by atoms with Gasteiger partial charge in [-0.25, -0.2) is 0 Å². The minimum absolute atomic E-state index is 0.427. The summed E-state index contributed by atoms with van der Waals surface area (Å²) in [6.07, 6.45) is 4.22. The van der Waals surface area contributed by atoms with Crippen molar-refractivity contribution in [2.45, 2.75) is 52.1 Å². The number of nitrogens with two attached hydrogens (primary N) is 1. The first-order chi connectivity index (χ1) is 9.10. The van der Waals surface area contributed by atoms with Gasteiger partial charge in [0, 0.05) is 25.2 Å². The van der Waals surface area contributed by atoms with E-state index in [0.717, 1.165) is 18.5 Å². The van der Waals surface area contributed by atoms with E-state index in [-0.39, 0.29) is 0 Å². The summed E-state index contributed by atoms with van der Waals surface area (Å²) in [7, 11) is 0. The van der Waals surface area contributed by atoms with Gasteiger partial charge in [-0.1, -0.05) is 17.7 Å². The molecule has 2 heteroatoms. The van der Waals surface area contributed by atoms with Gasteiger partial charge >= 0.3 is 0 Å². The number of benzene rings is 1. The smallest absolute Gasteiger partial charge is 0.0478 e. The largest absolute Gasteiger partial charge is 0.329 e.